The Morgan fingerprint density at radius 1 is 1.00 bits per heavy atom. The SMILES string of the molecule is Cc1ccc2oc(-c3cccc(NC(=O)NCc4ccccc4)c3)nc2c1. The zero-order chi connectivity index (χ0) is 18.6. The minimum atomic E-state index is -0.260. The Balaban J connectivity index is 1.47. The van der Waals surface area contributed by atoms with Crippen LogP contribution in [0.2, 0.25) is 0 Å². The van der Waals surface area contributed by atoms with Gasteiger partial charge < -0.3 is 15.1 Å². The Kier molecular flexibility index (Phi) is 4.58. The van der Waals surface area contributed by atoms with Gasteiger partial charge in [-0.1, -0.05) is 42.5 Å². The Labute approximate surface area is 157 Å². The monoisotopic (exact) mass is 357 g/mol. The summed E-state index contributed by atoms with van der Waals surface area (Å²) in [5.74, 6) is 0.531. The molecule has 4 rings (SSSR count). The number of urea groups is 1. The summed E-state index contributed by atoms with van der Waals surface area (Å²) < 4.78 is 5.83. The lowest BCUT2D eigenvalue weighted by molar-refractivity contribution is 0.251. The van der Waals surface area contributed by atoms with Crippen LogP contribution >= 0.6 is 0 Å². The van der Waals surface area contributed by atoms with Crippen LogP contribution in [0.25, 0.3) is 22.6 Å². The molecule has 0 aliphatic carbocycles. The Morgan fingerprint density at radius 3 is 2.70 bits per heavy atom. The molecule has 0 radical (unpaired) electrons. The molecule has 0 aliphatic heterocycles. The van der Waals surface area contributed by atoms with Gasteiger partial charge in [-0.05, 0) is 48.4 Å². The number of oxazole rings is 1. The summed E-state index contributed by atoms with van der Waals surface area (Å²) in [6, 6.07) is 22.9. The van der Waals surface area contributed by atoms with Crippen LogP contribution < -0.4 is 10.6 Å². The lowest BCUT2D eigenvalue weighted by Gasteiger charge is -2.08. The molecule has 0 fully saturated rings. The number of carbonyl (C=O) groups excluding carboxylic acids is 1. The second-order valence-corrected chi connectivity index (χ2v) is 6.36. The van der Waals surface area contributed by atoms with Crippen molar-refractivity contribution in [2.75, 3.05) is 5.32 Å². The third kappa shape index (κ3) is 3.98. The van der Waals surface area contributed by atoms with E-state index in [4.69, 9.17) is 4.42 Å². The van der Waals surface area contributed by atoms with Crippen LogP contribution in [0, 0.1) is 6.92 Å². The molecule has 2 amide bonds. The van der Waals surface area contributed by atoms with Gasteiger partial charge in [0.25, 0.3) is 0 Å². The average Bonchev–Trinajstić information content (AvgIpc) is 3.11. The standard InChI is InChI=1S/C22H19N3O2/c1-15-10-11-20-19(12-15)25-21(27-20)17-8-5-9-18(13-17)24-22(26)23-14-16-6-3-2-4-7-16/h2-13H,14H2,1H3,(H2,23,24,26). The second kappa shape index (κ2) is 7.33. The highest BCUT2D eigenvalue weighted by atomic mass is 16.3. The van der Waals surface area contributed by atoms with Gasteiger partial charge in [0.15, 0.2) is 5.58 Å². The number of aromatic nitrogens is 1. The summed E-state index contributed by atoms with van der Waals surface area (Å²) in [5, 5.41) is 5.69. The Bertz CT molecular complexity index is 1090. The minimum absolute atomic E-state index is 0.260. The van der Waals surface area contributed by atoms with E-state index in [9.17, 15) is 4.79 Å². The maximum atomic E-state index is 12.2. The van der Waals surface area contributed by atoms with Crippen LogP contribution in [-0.4, -0.2) is 11.0 Å². The Hall–Kier alpha value is -3.60. The van der Waals surface area contributed by atoms with Gasteiger partial charge in [0.2, 0.25) is 5.89 Å². The van der Waals surface area contributed by atoms with Crippen molar-refractivity contribution in [2.45, 2.75) is 13.5 Å². The van der Waals surface area contributed by atoms with Crippen LogP contribution in [0.15, 0.2) is 77.2 Å². The van der Waals surface area contributed by atoms with E-state index >= 15 is 0 Å². The normalized spacial score (nSPS) is 10.7. The molecule has 1 aromatic heterocycles. The zero-order valence-corrected chi connectivity index (χ0v) is 14.9. The van der Waals surface area contributed by atoms with Crippen LogP contribution in [-0.2, 0) is 6.54 Å². The first-order valence-corrected chi connectivity index (χ1v) is 8.74. The molecule has 0 aliphatic rings. The first kappa shape index (κ1) is 16.8. The van der Waals surface area contributed by atoms with Crippen LogP contribution in [0.4, 0.5) is 10.5 Å². The highest BCUT2D eigenvalue weighted by molar-refractivity contribution is 5.90. The predicted octanol–water partition coefficient (Wildman–Crippen LogP) is 5.12. The van der Waals surface area contributed by atoms with Gasteiger partial charge >= 0.3 is 6.03 Å². The molecule has 0 saturated heterocycles. The van der Waals surface area contributed by atoms with Gasteiger partial charge in [-0.3, -0.25) is 0 Å². The van der Waals surface area contributed by atoms with Crippen molar-refractivity contribution in [2.24, 2.45) is 0 Å². The maximum absolute atomic E-state index is 12.2. The number of hydrogen-bond acceptors (Lipinski definition) is 3. The molecule has 5 heteroatoms. The highest BCUT2D eigenvalue weighted by Gasteiger charge is 2.10. The highest BCUT2D eigenvalue weighted by Crippen LogP contribution is 2.26. The van der Waals surface area contributed by atoms with E-state index in [-0.39, 0.29) is 6.03 Å². The number of carbonyl (C=O) groups is 1. The quantitative estimate of drug-likeness (QED) is 0.532. The molecule has 27 heavy (non-hydrogen) atoms. The smallest absolute Gasteiger partial charge is 0.319 e. The first-order valence-electron chi connectivity index (χ1n) is 8.74. The summed E-state index contributed by atoms with van der Waals surface area (Å²) >= 11 is 0. The molecule has 0 atom stereocenters. The molecular formula is C22H19N3O2. The van der Waals surface area contributed by atoms with Crippen LogP contribution in [0.3, 0.4) is 0 Å². The van der Waals surface area contributed by atoms with Crippen LogP contribution in [0.5, 0.6) is 0 Å². The fraction of sp³-hybridized carbons (Fsp3) is 0.0909. The lowest BCUT2D eigenvalue weighted by atomic mass is 10.2. The van der Waals surface area contributed by atoms with Gasteiger partial charge in [-0.15, -0.1) is 0 Å². The third-order valence-corrected chi connectivity index (χ3v) is 4.21. The largest absolute Gasteiger partial charge is 0.436 e. The van der Waals surface area contributed by atoms with Crippen molar-refractivity contribution in [3.8, 4) is 11.5 Å². The molecule has 0 spiro atoms. The van der Waals surface area contributed by atoms with Gasteiger partial charge in [-0.2, -0.15) is 0 Å². The molecule has 0 unspecified atom stereocenters. The van der Waals surface area contributed by atoms with Crippen molar-refractivity contribution in [1.29, 1.82) is 0 Å². The number of hydrogen-bond donors (Lipinski definition) is 2. The number of anilines is 1. The molecule has 4 aromatic rings. The number of nitrogens with one attached hydrogen (secondary N) is 2. The van der Waals surface area contributed by atoms with Crippen molar-refractivity contribution in [1.82, 2.24) is 10.3 Å². The van der Waals surface area contributed by atoms with E-state index < -0.39 is 0 Å². The summed E-state index contributed by atoms with van der Waals surface area (Å²) in [6.07, 6.45) is 0. The van der Waals surface area contributed by atoms with E-state index in [1.165, 1.54) is 0 Å². The van der Waals surface area contributed by atoms with Crippen molar-refractivity contribution in [3.05, 3.63) is 83.9 Å². The molecule has 0 saturated carbocycles. The maximum Gasteiger partial charge on any atom is 0.319 e. The lowest BCUT2D eigenvalue weighted by Crippen LogP contribution is -2.28. The number of rotatable bonds is 4. The fourth-order valence-electron chi connectivity index (χ4n) is 2.84. The van der Waals surface area contributed by atoms with E-state index in [1.54, 1.807) is 0 Å². The molecule has 3 aromatic carbocycles. The summed E-state index contributed by atoms with van der Waals surface area (Å²) in [6.45, 7) is 2.49. The zero-order valence-electron chi connectivity index (χ0n) is 14.9. The summed E-state index contributed by atoms with van der Waals surface area (Å²) in [4.78, 5) is 16.7. The molecule has 1 heterocycles. The number of nitrogens with zero attached hydrogens (tertiary/aromatic N) is 1. The molecule has 5 nitrogen and oxygen atoms in total. The fourth-order valence-corrected chi connectivity index (χ4v) is 2.84. The van der Waals surface area contributed by atoms with Crippen molar-refractivity contribution in [3.63, 3.8) is 0 Å². The first-order chi connectivity index (χ1) is 13.2. The van der Waals surface area contributed by atoms with Crippen molar-refractivity contribution >= 4 is 22.8 Å². The predicted molar refractivity (Wildman–Crippen MR) is 106 cm³/mol. The molecule has 0 bridgehead atoms. The summed E-state index contributed by atoms with van der Waals surface area (Å²) in [5.41, 5.74) is 5.23. The van der Waals surface area contributed by atoms with E-state index in [0.29, 0.717) is 18.1 Å². The van der Waals surface area contributed by atoms with Gasteiger partial charge in [0, 0.05) is 17.8 Å². The number of aryl methyl sites for hydroxylation is 1. The molecule has 2 N–H and O–H groups in total. The van der Waals surface area contributed by atoms with E-state index in [1.807, 2.05) is 79.7 Å². The van der Waals surface area contributed by atoms with E-state index in [2.05, 4.69) is 15.6 Å². The third-order valence-electron chi connectivity index (χ3n) is 4.21. The number of fused-ring (bicyclic) bond motifs is 1. The number of amides is 2. The van der Waals surface area contributed by atoms with E-state index in [0.717, 1.165) is 27.8 Å². The van der Waals surface area contributed by atoms with Gasteiger partial charge in [0.05, 0.1) is 0 Å². The van der Waals surface area contributed by atoms with Crippen LogP contribution in [0.1, 0.15) is 11.1 Å². The average molecular weight is 357 g/mol. The Morgan fingerprint density at radius 2 is 1.85 bits per heavy atom. The van der Waals surface area contributed by atoms with Gasteiger partial charge in [-0.25, -0.2) is 9.78 Å². The summed E-state index contributed by atoms with van der Waals surface area (Å²) in [7, 11) is 0. The molecule has 134 valence electrons. The van der Waals surface area contributed by atoms with Crippen molar-refractivity contribution < 1.29 is 9.21 Å². The minimum Gasteiger partial charge on any atom is -0.436 e. The molecular weight excluding hydrogens is 338 g/mol. The topological polar surface area (TPSA) is 67.2 Å². The second-order valence-electron chi connectivity index (χ2n) is 6.36. The number of benzene rings is 3. The van der Waals surface area contributed by atoms with Gasteiger partial charge in [0.1, 0.15) is 5.52 Å².